The SMILES string of the molecule is CC(C)(C)c1nnc(SCC(=O)Nc2ccc(Oc3ccccc3)cc2)n1N. The second-order valence-corrected chi connectivity index (χ2v) is 8.15. The number of nitrogens with zero attached hydrogens (tertiary/aromatic N) is 3. The molecule has 0 radical (unpaired) electrons. The summed E-state index contributed by atoms with van der Waals surface area (Å²) >= 11 is 1.24. The Morgan fingerprint density at radius 2 is 1.71 bits per heavy atom. The molecule has 0 aliphatic heterocycles. The molecule has 0 atom stereocenters. The highest BCUT2D eigenvalue weighted by Gasteiger charge is 2.23. The van der Waals surface area contributed by atoms with Gasteiger partial charge in [-0.2, -0.15) is 0 Å². The van der Waals surface area contributed by atoms with Crippen molar-refractivity contribution in [1.29, 1.82) is 0 Å². The van der Waals surface area contributed by atoms with Gasteiger partial charge in [0.25, 0.3) is 0 Å². The van der Waals surface area contributed by atoms with E-state index in [2.05, 4.69) is 15.5 Å². The summed E-state index contributed by atoms with van der Waals surface area (Å²) in [6, 6.07) is 16.7. The number of hydrogen-bond acceptors (Lipinski definition) is 6. The number of aromatic nitrogens is 3. The minimum atomic E-state index is -0.216. The number of anilines is 1. The van der Waals surface area contributed by atoms with Crippen LogP contribution in [0.2, 0.25) is 0 Å². The third-order valence-corrected chi connectivity index (χ3v) is 4.73. The Morgan fingerprint density at radius 1 is 1.07 bits per heavy atom. The fourth-order valence-corrected chi connectivity index (χ4v) is 3.10. The van der Waals surface area contributed by atoms with Crippen LogP contribution >= 0.6 is 11.8 Å². The van der Waals surface area contributed by atoms with Crippen LogP contribution in [-0.4, -0.2) is 26.5 Å². The van der Waals surface area contributed by atoms with E-state index in [1.165, 1.54) is 16.4 Å². The molecule has 0 saturated carbocycles. The van der Waals surface area contributed by atoms with E-state index < -0.39 is 0 Å². The molecule has 0 fully saturated rings. The van der Waals surface area contributed by atoms with Crippen LogP contribution in [0.4, 0.5) is 5.69 Å². The van der Waals surface area contributed by atoms with E-state index in [0.29, 0.717) is 22.4 Å². The van der Waals surface area contributed by atoms with Crippen LogP contribution < -0.4 is 15.9 Å². The highest BCUT2D eigenvalue weighted by Crippen LogP contribution is 2.24. The first-order valence-corrected chi connectivity index (χ1v) is 9.78. The lowest BCUT2D eigenvalue weighted by Gasteiger charge is -2.16. The minimum Gasteiger partial charge on any atom is -0.457 e. The minimum absolute atomic E-state index is 0.151. The summed E-state index contributed by atoms with van der Waals surface area (Å²) in [5.74, 6) is 8.19. The number of rotatable bonds is 6. The van der Waals surface area contributed by atoms with Crippen molar-refractivity contribution in [3.8, 4) is 11.5 Å². The van der Waals surface area contributed by atoms with E-state index >= 15 is 0 Å². The normalized spacial score (nSPS) is 11.2. The van der Waals surface area contributed by atoms with Crippen molar-refractivity contribution < 1.29 is 9.53 Å². The van der Waals surface area contributed by atoms with Crippen LogP contribution in [0.3, 0.4) is 0 Å². The third-order valence-electron chi connectivity index (χ3n) is 3.78. The topological polar surface area (TPSA) is 95.1 Å². The lowest BCUT2D eigenvalue weighted by molar-refractivity contribution is -0.113. The van der Waals surface area contributed by atoms with Gasteiger partial charge in [0.1, 0.15) is 11.5 Å². The molecule has 2 aromatic carbocycles. The van der Waals surface area contributed by atoms with Crippen LogP contribution in [0, 0.1) is 0 Å². The van der Waals surface area contributed by atoms with Crippen molar-refractivity contribution in [1.82, 2.24) is 14.9 Å². The van der Waals surface area contributed by atoms with Crippen molar-refractivity contribution in [3.05, 3.63) is 60.4 Å². The lowest BCUT2D eigenvalue weighted by Crippen LogP contribution is -2.24. The van der Waals surface area contributed by atoms with Gasteiger partial charge in [-0.05, 0) is 36.4 Å². The molecule has 0 bridgehead atoms. The summed E-state index contributed by atoms with van der Waals surface area (Å²) in [6.45, 7) is 6.02. The molecule has 146 valence electrons. The molecule has 1 heterocycles. The zero-order valence-corrected chi connectivity index (χ0v) is 16.9. The number of amides is 1. The van der Waals surface area contributed by atoms with Crippen LogP contribution in [0.1, 0.15) is 26.6 Å². The van der Waals surface area contributed by atoms with Crippen molar-refractivity contribution in [3.63, 3.8) is 0 Å². The third kappa shape index (κ3) is 5.04. The molecule has 28 heavy (non-hydrogen) atoms. The number of ether oxygens (including phenoxy) is 1. The van der Waals surface area contributed by atoms with Crippen molar-refractivity contribution in [2.45, 2.75) is 31.3 Å². The van der Waals surface area contributed by atoms with Crippen LogP contribution in [-0.2, 0) is 10.2 Å². The molecular weight excluding hydrogens is 374 g/mol. The molecular formula is C20H23N5O2S. The number of thioether (sulfide) groups is 1. The largest absolute Gasteiger partial charge is 0.457 e. The van der Waals surface area contributed by atoms with Crippen molar-refractivity contribution in [2.24, 2.45) is 0 Å². The van der Waals surface area contributed by atoms with Crippen LogP contribution in [0.25, 0.3) is 0 Å². The standard InChI is InChI=1S/C20H23N5O2S/c1-20(2,3)18-23-24-19(25(18)21)28-13-17(26)22-14-9-11-16(12-10-14)27-15-7-5-4-6-8-15/h4-12H,13,21H2,1-3H3,(H,22,26). The maximum Gasteiger partial charge on any atom is 0.234 e. The summed E-state index contributed by atoms with van der Waals surface area (Å²) in [5, 5.41) is 11.5. The number of nitrogen functional groups attached to an aromatic ring is 1. The lowest BCUT2D eigenvalue weighted by atomic mass is 9.96. The highest BCUT2D eigenvalue weighted by molar-refractivity contribution is 7.99. The Hall–Kier alpha value is -3.00. The Labute approximate surface area is 168 Å². The Kier molecular flexibility index (Phi) is 5.89. The predicted molar refractivity (Wildman–Crippen MR) is 111 cm³/mol. The summed E-state index contributed by atoms with van der Waals surface area (Å²) in [6.07, 6.45) is 0. The second-order valence-electron chi connectivity index (χ2n) is 7.20. The first kappa shape index (κ1) is 19.8. The number of nitrogens with one attached hydrogen (secondary N) is 1. The fraction of sp³-hybridized carbons (Fsp3) is 0.250. The zero-order valence-electron chi connectivity index (χ0n) is 16.0. The van der Waals surface area contributed by atoms with E-state index in [1.807, 2.05) is 63.2 Å². The average Bonchev–Trinajstić information content (AvgIpc) is 3.03. The van der Waals surface area contributed by atoms with E-state index in [0.717, 1.165) is 5.75 Å². The molecule has 0 spiro atoms. The van der Waals surface area contributed by atoms with Crippen molar-refractivity contribution >= 4 is 23.4 Å². The number of benzene rings is 2. The molecule has 0 unspecified atom stereocenters. The van der Waals surface area contributed by atoms with Crippen LogP contribution in [0.5, 0.6) is 11.5 Å². The molecule has 3 rings (SSSR count). The van der Waals surface area contributed by atoms with E-state index in [4.69, 9.17) is 10.6 Å². The van der Waals surface area contributed by atoms with Gasteiger partial charge in [0.05, 0.1) is 5.75 Å². The summed E-state index contributed by atoms with van der Waals surface area (Å²) in [7, 11) is 0. The molecule has 0 aliphatic rings. The van der Waals surface area contributed by atoms with E-state index in [9.17, 15) is 4.79 Å². The van der Waals surface area contributed by atoms with E-state index in [-0.39, 0.29) is 17.1 Å². The maximum absolute atomic E-state index is 12.2. The van der Waals surface area contributed by atoms with Gasteiger partial charge in [-0.3, -0.25) is 4.79 Å². The molecule has 0 aliphatic carbocycles. The number of nitrogens with two attached hydrogens (primary N) is 1. The van der Waals surface area contributed by atoms with Crippen molar-refractivity contribution in [2.75, 3.05) is 16.9 Å². The summed E-state index contributed by atoms with van der Waals surface area (Å²) < 4.78 is 7.18. The Morgan fingerprint density at radius 3 is 2.32 bits per heavy atom. The molecule has 1 aromatic heterocycles. The summed E-state index contributed by atoms with van der Waals surface area (Å²) in [4.78, 5) is 12.2. The smallest absolute Gasteiger partial charge is 0.234 e. The summed E-state index contributed by atoms with van der Waals surface area (Å²) in [5.41, 5.74) is 0.474. The average molecular weight is 398 g/mol. The van der Waals surface area contributed by atoms with Gasteiger partial charge in [-0.25, -0.2) is 4.68 Å². The number of carbonyl (C=O) groups is 1. The van der Waals surface area contributed by atoms with Crippen LogP contribution in [0.15, 0.2) is 59.8 Å². The first-order valence-electron chi connectivity index (χ1n) is 8.79. The second kappa shape index (κ2) is 8.35. The number of hydrogen-bond donors (Lipinski definition) is 2. The molecule has 3 aromatic rings. The predicted octanol–water partition coefficient (Wildman–Crippen LogP) is 3.81. The zero-order chi connectivity index (χ0) is 20.1. The van der Waals surface area contributed by atoms with Gasteiger partial charge in [-0.15, -0.1) is 10.2 Å². The monoisotopic (exact) mass is 397 g/mol. The fourth-order valence-electron chi connectivity index (χ4n) is 2.44. The van der Waals surface area contributed by atoms with Gasteiger partial charge >= 0.3 is 0 Å². The Balaban J connectivity index is 1.53. The van der Waals surface area contributed by atoms with Gasteiger partial charge in [0, 0.05) is 11.1 Å². The maximum atomic E-state index is 12.2. The molecule has 7 nitrogen and oxygen atoms in total. The number of carbonyl (C=O) groups excluding carboxylic acids is 1. The van der Waals surface area contributed by atoms with Gasteiger partial charge < -0.3 is 15.9 Å². The molecule has 0 saturated heterocycles. The number of para-hydroxylation sites is 1. The van der Waals surface area contributed by atoms with Gasteiger partial charge in [0.15, 0.2) is 5.82 Å². The molecule has 3 N–H and O–H groups in total. The molecule has 8 heteroatoms. The molecule has 1 amide bonds. The quantitative estimate of drug-likeness (QED) is 0.485. The highest BCUT2D eigenvalue weighted by atomic mass is 32.2. The first-order chi connectivity index (χ1) is 13.3. The Bertz CT molecular complexity index is 933. The van der Waals surface area contributed by atoms with Gasteiger partial charge in [0.2, 0.25) is 11.1 Å². The van der Waals surface area contributed by atoms with E-state index in [1.54, 1.807) is 12.1 Å². The van der Waals surface area contributed by atoms with Gasteiger partial charge in [-0.1, -0.05) is 50.7 Å².